The van der Waals surface area contributed by atoms with E-state index in [4.69, 9.17) is 0 Å². The van der Waals surface area contributed by atoms with Crippen molar-refractivity contribution in [1.29, 1.82) is 0 Å². The maximum Gasteiger partial charge on any atom is 0.214 e. The lowest BCUT2D eigenvalue weighted by Gasteiger charge is -2.25. The molecule has 0 radical (unpaired) electrons. The van der Waals surface area contributed by atoms with E-state index in [0.717, 1.165) is 19.3 Å². The summed E-state index contributed by atoms with van der Waals surface area (Å²) in [5.74, 6) is 0.955. The Hall–Kier alpha value is -0.130. The molecule has 0 aromatic carbocycles. The van der Waals surface area contributed by atoms with E-state index in [-0.39, 0.29) is 6.04 Å². The number of rotatable bonds is 6. The lowest BCUT2D eigenvalue weighted by Crippen LogP contribution is -2.38. The molecule has 100 valence electrons. The van der Waals surface area contributed by atoms with Gasteiger partial charge in [0.15, 0.2) is 0 Å². The first-order chi connectivity index (χ1) is 7.99. The predicted molar refractivity (Wildman–Crippen MR) is 67.2 cm³/mol. The van der Waals surface area contributed by atoms with E-state index in [0.29, 0.717) is 24.6 Å². The average molecular weight is 261 g/mol. The Morgan fingerprint density at radius 3 is 2.65 bits per heavy atom. The Labute approximate surface area is 104 Å². The van der Waals surface area contributed by atoms with Gasteiger partial charge in [-0.15, -0.1) is 0 Å². The van der Waals surface area contributed by atoms with Crippen molar-refractivity contribution >= 4 is 10.0 Å². The third kappa shape index (κ3) is 3.66. The van der Waals surface area contributed by atoms with E-state index < -0.39 is 16.1 Å². The van der Waals surface area contributed by atoms with Gasteiger partial charge in [0.2, 0.25) is 10.0 Å². The molecule has 1 N–H and O–H groups in total. The van der Waals surface area contributed by atoms with Crippen molar-refractivity contribution in [1.82, 2.24) is 4.31 Å². The predicted octanol–water partition coefficient (Wildman–Crippen LogP) is 1.35. The Balaban J connectivity index is 1.93. The third-order valence-corrected chi connectivity index (χ3v) is 5.72. The highest BCUT2D eigenvalue weighted by Gasteiger charge is 2.35. The molecule has 2 aliphatic rings. The van der Waals surface area contributed by atoms with Gasteiger partial charge in [-0.2, -0.15) is 4.31 Å². The largest absolute Gasteiger partial charge is 0.393 e. The number of aliphatic hydroxyl groups excluding tert-OH is 1. The molecule has 17 heavy (non-hydrogen) atoms. The van der Waals surface area contributed by atoms with Crippen LogP contribution in [0.4, 0.5) is 0 Å². The Morgan fingerprint density at radius 2 is 2.06 bits per heavy atom. The van der Waals surface area contributed by atoms with Crippen LogP contribution < -0.4 is 0 Å². The van der Waals surface area contributed by atoms with E-state index in [1.807, 2.05) is 0 Å². The third-order valence-electron chi connectivity index (χ3n) is 3.77. The zero-order valence-electron chi connectivity index (χ0n) is 10.5. The fourth-order valence-corrected chi connectivity index (χ4v) is 4.56. The van der Waals surface area contributed by atoms with Gasteiger partial charge < -0.3 is 5.11 Å². The van der Waals surface area contributed by atoms with Gasteiger partial charge in [-0.3, -0.25) is 0 Å². The van der Waals surface area contributed by atoms with Crippen molar-refractivity contribution in [2.45, 2.75) is 57.6 Å². The van der Waals surface area contributed by atoms with E-state index in [1.165, 1.54) is 12.8 Å². The molecule has 2 unspecified atom stereocenters. The maximum absolute atomic E-state index is 12.2. The van der Waals surface area contributed by atoms with Crippen LogP contribution in [-0.2, 0) is 10.0 Å². The molecule has 0 bridgehead atoms. The second-order valence-corrected chi connectivity index (χ2v) is 7.58. The van der Waals surface area contributed by atoms with Crippen molar-refractivity contribution in [3.8, 4) is 0 Å². The summed E-state index contributed by atoms with van der Waals surface area (Å²) in [5.41, 5.74) is 0. The Morgan fingerprint density at radius 1 is 1.35 bits per heavy atom. The van der Waals surface area contributed by atoms with Crippen LogP contribution >= 0.6 is 0 Å². The lowest BCUT2D eigenvalue weighted by molar-refractivity contribution is 0.158. The Bertz CT molecular complexity index is 349. The van der Waals surface area contributed by atoms with Crippen molar-refractivity contribution in [3.05, 3.63) is 0 Å². The monoisotopic (exact) mass is 261 g/mol. The minimum Gasteiger partial charge on any atom is -0.393 e. The molecule has 1 saturated carbocycles. The first-order valence-electron chi connectivity index (χ1n) is 6.66. The molecule has 2 rings (SSSR count). The summed E-state index contributed by atoms with van der Waals surface area (Å²) in [6.07, 6.45) is 5.20. The molecular formula is C12H23NO3S. The van der Waals surface area contributed by atoms with Gasteiger partial charge >= 0.3 is 0 Å². The van der Waals surface area contributed by atoms with Crippen molar-refractivity contribution < 1.29 is 13.5 Å². The summed E-state index contributed by atoms with van der Waals surface area (Å²) in [7, 11) is -3.09. The van der Waals surface area contributed by atoms with Gasteiger partial charge in [0.25, 0.3) is 0 Å². The van der Waals surface area contributed by atoms with Crippen LogP contribution in [0.25, 0.3) is 0 Å². The van der Waals surface area contributed by atoms with Crippen LogP contribution in [0.2, 0.25) is 0 Å². The van der Waals surface area contributed by atoms with Crippen LogP contribution in [0.15, 0.2) is 0 Å². The molecule has 0 aromatic rings. The van der Waals surface area contributed by atoms with Crippen LogP contribution in [0.3, 0.4) is 0 Å². The first-order valence-corrected chi connectivity index (χ1v) is 8.27. The fourth-order valence-electron chi connectivity index (χ4n) is 2.64. The standard InChI is InChI=1S/C12H23NO3S/c1-10(14)9-12-3-2-7-13(12)17(15,16)8-6-11-4-5-11/h10-12,14H,2-9H2,1H3. The normalized spacial score (nSPS) is 28.5. The minimum atomic E-state index is -3.09. The summed E-state index contributed by atoms with van der Waals surface area (Å²) in [5, 5.41) is 9.40. The molecule has 1 saturated heterocycles. The van der Waals surface area contributed by atoms with Crippen LogP contribution in [-0.4, -0.2) is 42.3 Å². The molecule has 5 heteroatoms. The summed E-state index contributed by atoms with van der Waals surface area (Å²) < 4.78 is 26.0. The minimum absolute atomic E-state index is 0.0270. The molecule has 1 heterocycles. The molecule has 1 aliphatic heterocycles. The SMILES string of the molecule is CC(O)CC1CCCN1S(=O)(=O)CCC1CC1. The van der Waals surface area contributed by atoms with Gasteiger partial charge in [0.05, 0.1) is 11.9 Å². The second-order valence-electron chi connectivity index (χ2n) is 5.54. The zero-order chi connectivity index (χ0) is 12.5. The molecule has 1 aliphatic carbocycles. The summed E-state index contributed by atoms with van der Waals surface area (Å²) >= 11 is 0. The summed E-state index contributed by atoms with van der Waals surface area (Å²) in [6, 6.07) is 0.0270. The smallest absolute Gasteiger partial charge is 0.214 e. The molecular weight excluding hydrogens is 238 g/mol. The summed E-state index contributed by atoms with van der Waals surface area (Å²) in [4.78, 5) is 0. The van der Waals surface area contributed by atoms with Gasteiger partial charge in [0, 0.05) is 12.6 Å². The van der Waals surface area contributed by atoms with E-state index in [9.17, 15) is 13.5 Å². The van der Waals surface area contributed by atoms with Crippen molar-refractivity contribution in [3.63, 3.8) is 0 Å². The Kier molecular flexibility index (Phi) is 4.10. The highest BCUT2D eigenvalue weighted by Crippen LogP contribution is 2.34. The van der Waals surface area contributed by atoms with Crippen molar-refractivity contribution in [2.75, 3.05) is 12.3 Å². The first kappa shape index (κ1) is 13.3. The fraction of sp³-hybridized carbons (Fsp3) is 1.00. The lowest BCUT2D eigenvalue weighted by atomic mass is 10.1. The van der Waals surface area contributed by atoms with Gasteiger partial charge in [-0.05, 0) is 38.5 Å². The molecule has 2 fully saturated rings. The quantitative estimate of drug-likeness (QED) is 0.785. The number of nitrogens with zero attached hydrogens (tertiary/aromatic N) is 1. The molecule has 0 aromatic heterocycles. The molecule has 0 amide bonds. The molecule has 4 nitrogen and oxygen atoms in total. The van der Waals surface area contributed by atoms with E-state index >= 15 is 0 Å². The van der Waals surface area contributed by atoms with Gasteiger partial charge in [-0.25, -0.2) is 8.42 Å². The second kappa shape index (κ2) is 5.24. The van der Waals surface area contributed by atoms with Crippen LogP contribution in [0.5, 0.6) is 0 Å². The average Bonchev–Trinajstić information content (AvgIpc) is 2.94. The zero-order valence-corrected chi connectivity index (χ0v) is 11.3. The van der Waals surface area contributed by atoms with Crippen LogP contribution in [0.1, 0.15) is 45.4 Å². The van der Waals surface area contributed by atoms with E-state index in [2.05, 4.69) is 0 Å². The van der Waals surface area contributed by atoms with Crippen molar-refractivity contribution in [2.24, 2.45) is 5.92 Å². The molecule has 2 atom stereocenters. The number of aliphatic hydroxyl groups is 1. The van der Waals surface area contributed by atoms with Gasteiger partial charge in [-0.1, -0.05) is 12.8 Å². The number of sulfonamides is 1. The molecule has 0 spiro atoms. The number of hydrogen-bond donors (Lipinski definition) is 1. The maximum atomic E-state index is 12.2. The van der Waals surface area contributed by atoms with E-state index in [1.54, 1.807) is 11.2 Å². The van der Waals surface area contributed by atoms with Crippen LogP contribution in [0, 0.1) is 5.92 Å². The van der Waals surface area contributed by atoms with Gasteiger partial charge in [0.1, 0.15) is 0 Å². The summed E-state index contributed by atoms with van der Waals surface area (Å²) in [6.45, 7) is 2.37. The number of hydrogen-bond acceptors (Lipinski definition) is 3. The topological polar surface area (TPSA) is 57.6 Å². The highest BCUT2D eigenvalue weighted by molar-refractivity contribution is 7.89. The highest BCUT2D eigenvalue weighted by atomic mass is 32.2.